The maximum absolute atomic E-state index is 6.38. The number of fused-ring (bicyclic) bond motifs is 1. The second-order valence-corrected chi connectivity index (χ2v) is 7.00. The second kappa shape index (κ2) is 6.31. The molecule has 136 valence electrons. The smallest absolute Gasteiger partial charge is 0.296 e. The Bertz CT molecular complexity index is 1100. The van der Waals surface area contributed by atoms with Crippen molar-refractivity contribution in [1.29, 1.82) is 0 Å². The van der Waals surface area contributed by atoms with Crippen molar-refractivity contribution in [3.8, 4) is 5.95 Å². The molecule has 0 spiro atoms. The fourth-order valence-corrected chi connectivity index (χ4v) is 3.34. The van der Waals surface area contributed by atoms with Crippen molar-refractivity contribution in [1.82, 2.24) is 29.7 Å². The van der Waals surface area contributed by atoms with Gasteiger partial charge in [-0.2, -0.15) is 14.8 Å². The molecule has 1 atom stereocenters. The molecule has 0 amide bonds. The summed E-state index contributed by atoms with van der Waals surface area (Å²) >= 11 is 6.38. The first-order valence-electron chi connectivity index (χ1n) is 8.73. The van der Waals surface area contributed by atoms with Crippen LogP contribution in [0.1, 0.15) is 43.1 Å². The molecule has 0 unspecified atom stereocenters. The molecule has 4 aromatic rings. The highest BCUT2D eigenvalue weighted by molar-refractivity contribution is 6.34. The van der Waals surface area contributed by atoms with Crippen molar-refractivity contribution in [2.45, 2.75) is 31.7 Å². The number of benzene rings is 1. The Labute approximate surface area is 159 Å². The molecule has 1 N–H and O–H groups in total. The molecule has 9 heteroatoms. The molecule has 1 fully saturated rings. The van der Waals surface area contributed by atoms with E-state index in [4.69, 9.17) is 16.0 Å². The van der Waals surface area contributed by atoms with Gasteiger partial charge in [-0.05, 0) is 49.4 Å². The zero-order valence-electron chi connectivity index (χ0n) is 14.5. The van der Waals surface area contributed by atoms with E-state index >= 15 is 0 Å². The van der Waals surface area contributed by atoms with Gasteiger partial charge >= 0.3 is 0 Å². The molecule has 27 heavy (non-hydrogen) atoms. The van der Waals surface area contributed by atoms with Crippen LogP contribution >= 0.6 is 11.6 Å². The highest BCUT2D eigenvalue weighted by atomic mass is 35.5. The van der Waals surface area contributed by atoms with Crippen molar-refractivity contribution >= 4 is 28.7 Å². The Morgan fingerprint density at radius 3 is 2.81 bits per heavy atom. The maximum atomic E-state index is 6.38. The van der Waals surface area contributed by atoms with E-state index in [9.17, 15) is 0 Å². The molecule has 1 aliphatic rings. The molecule has 8 nitrogen and oxygen atoms in total. The highest BCUT2D eigenvalue weighted by Crippen LogP contribution is 2.42. The molecular weight excluding hydrogens is 366 g/mol. The van der Waals surface area contributed by atoms with Crippen molar-refractivity contribution in [3.63, 3.8) is 0 Å². The number of rotatable bonds is 5. The summed E-state index contributed by atoms with van der Waals surface area (Å²) < 4.78 is 7.41. The molecule has 3 aromatic heterocycles. The minimum Gasteiger partial charge on any atom is -0.422 e. The van der Waals surface area contributed by atoms with E-state index in [1.54, 1.807) is 23.1 Å². The Balaban J connectivity index is 1.44. The van der Waals surface area contributed by atoms with Gasteiger partial charge in [0, 0.05) is 12.4 Å². The molecule has 1 saturated carbocycles. The molecule has 5 rings (SSSR count). The van der Waals surface area contributed by atoms with Crippen molar-refractivity contribution in [3.05, 3.63) is 53.3 Å². The quantitative estimate of drug-likeness (QED) is 0.560. The summed E-state index contributed by atoms with van der Waals surface area (Å²) in [6.07, 6.45) is 7.20. The van der Waals surface area contributed by atoms with E-state index < -0.39 is 0 Å². The fourth-order valence-electron chi connectivity index (χ4n) is 3.08. The molecular formula is C18H16ClN7O. The summed E-state index contributed by atoms with van der Waals surface area (Å²) in [5.74, 6) is 1.70. The van der Waals surface area contributed by atoms with E-state index in [0.29, 0.717) is 34.3 Å². The van der Waals surface area contributed by atoms with Crippen LogP contribution in [0.5, 0.6) is 0 Å². The molecule has 1 aliphatic carbocycles. The van der Waals surface area contributed by atoms with Crippen LogP contribution in [-0.4, -0.2) is 29.7 Å². The van der Waals surface area contributed by atoms with Gasteiger partial charge in [0.15, 0.2) is 11.4 Å². The normalized spacial score (nSPS) is 15.2. The van der Waals surface area contributed by atoms with Crippen LogP contribution in [0, 0.1) is 0 Å². The van der Waals surface area contributed by atoms with Crippen molar-refractivity contribution in [2.75, 3.05) is 5.32 Å². The summed E-state index contributed by atoms with van der Waals surface area (Å²) in [7, 11) is 0. The van der Waals surface area contributed by atoms with Gasteiger partial charge < -0.3 is 9.73 Å². The number of nitrogens with one attached hydrogen (secondary N) is 1. The van der Waals surface area contributed by atoms with Gasteiger partial charge in [-0.25, -0.2) is 15.0 Å². The van der Waals surface area contributed by atoms with Crippen LogP contribution in [0.15, 0.2) is 41.3 Å². The van der Waals surface area contributed by atoms with Gasteiger partial charge in [0.1, 0.15) is 11.8 Å². The number of nitrogens with zero attached hydrogens (tertiary/aromatic N) is 6. The Morgan fingerprint density at radius 2 is 2.04 bits per heavy atom. The number of hydrogen-bond donors (Lipinski definition) is 1. The summed E-state index contributed by atoms with van der Waals surface area (Å²) in [6, 6.07) is 5.93. The summed E-state index contributed by atoms with van der Waals surface area (Å²) in [5, 5.41) is 8.02. The summed E-state index contributed by atoms with van der Waals surface area (Å²) in [5.41, 5.74) is 2.57. The first kappa shape index (κ1) is 16.2. The third-order valence-electron chi connectivity index (χ3n) is 4.56. The number of oxazole rings is 1. The fraction of sp³-hybridized carbons (Fsp3) is 0.278. The lowest BCUT2D eigenvalue weighted by molar-refractivity contribution is 0.593. The SMILES string of the molecule is C[C@H](Nc1nc2cc(C3CC3)cc(Cl)c2o1)c1ncnn1-c1ncccn1. The van der Waals surface area contributed by atoms with Crippen LogP contribution in [-0.2, 0) is 0 Å². The standard InChI is InChI=1S/C18H16ClN7O/c1-10(16-22-9-23-26(16)17-20-5-2-6-21-17)24-18-25-14-8-12(11-3-4-11)7-13(19)15(14)27-18/h2,5-11H,3-4H2,1H3,(H,24,25)/t10-/m0/s1. The van der Waals surface area contributed by atoms with Gasteiger partial charge in [-0.15, -0.1) is 0 Å². The summed E-state index contributed by atoms with van der Waals surface area (Å²) in [6.45, 7) is 1.94. The Kier molecular flexibility index (Phi) is 3.78. The largest absolute Gasteiger partial charge is 0.422 e. The van der Waals surface area contributed by atoms with Crippen LogP contribution in [0.2, 0.25) is 5.02 Å². The number of hydrogen-bond acceptors (Lipinski definition) is 7. The first-order chi connectivity index (χ1) is 13.2. The van der Waals surface area contributed by atoms with E-state index in [0.717, 1.165) is 5.52 Å². The Hall–Kier alpha value is -3.00. The monoisotopic (exact) mass is 381 g/mol. The lowest BCUT2D eigenvalue weighted by Gasteiger charge is -2.11. The Morgan fingerprint density at radius 1 is 1.22 bits per heavy atom. The van der Waals surface area contributed by atoms with E-state index in [1.807, 2.05) is 13.0 Å². The lowest BCUT2D eigenvalue weighted by Crippen LogP contribution is -2.15. The molecule has 0 saturated heterocycles. The van der Waals surface area contributed by atoms with E-state index in [-0.39, 0.29) is 6.04 Å². The van der Waals surface area contributed by atoms with Gasteiger partial charge in [-0.3, -0.25) is 0 Å². The number of anilines is 1. The summed E-state index contributed by atoms with van der Waals surface area (Å²) in [4.78, 5) is 17.3. The average Bonchev–Trinajstić information content (AvgIpc) is 3.26. The van der Waals surface area contributed by atoms with Gasteiger partial charge in [0.05, 0.1) is 11.1 Å². The lowest BCUT2D eigenvalue weighted by atomic mass is 10.1. The van der Waals surface area contributed by atoms with Crippen LogP contribution < -0.4 is 5.32 Å². The zero-order chi connectivity index (χ0) is 18.4. The third kappa shape index (κ3) is 3.02. The van der Waals surface area contributed by atoms with Gasteiger partial charge in [0.25, 0.3) is 12.0 Å². The predicted octanol–water partition coefficient (Wildman–Crippen LogP) is 3.90. The number of halogens is 1. The van der Waals surface area contributed by atoms with E-state index in [1.165, 1.54) is 24.7 Å². The molecule has 0 aliphatic heterocycles. The van der Waals surface area contributed by atoms with E-state index in [2.05, 4.69) is 36.4 Å². The zero-order valence-corrected chi connectivity index (χ0v) is 15.3. The van der Waals surface area contributed by atoms with Crippen LogP contribution in [0.25, 0.3) is 17.0 Å². The minimum absolute atomic E-state index is 0.231. The highest BCUT2D eigenvalue weighted by Gasteiger charge is 2.26. The van der Waals surface area contributed by atoms with Crippen LogP contribution in [0.4, 0.5) is 6.01 Å². The topological polar surface area (TPSA) is 94.6 Å². The van der Waals surface area contributed by atoms with Crippen molar-refractivity contribution < 1.29 is 4.42 Å². The minimum atomic E-state index is -0.231. The number of aromatic nitrogens is 6. The van der Waals surface area contributed by atoms with Gasteiger partial charge in [-0.1, -0.05) is 11.6 Å². The second-order valence-electron chi connectivity index (χ2n) is 6.59. The molecule has 1 aromatic carbocycles. The third-order valence-corrected chi connectivity index (χ3v) is 4.84. The molecule has 0 bridgehead atoms. The molecule has 0 radical (unpaired) electrons. The van der Waals surface area contributed by atoms with Crippen LogP contribution in [0.3, 0.4) is 0 Å². The van der Waals surface area contributed by atoms with Gasteiger partial charge in [0.2, 0.25) is 0 Å². The van der Waals surface area contributed by atoms with Crippen molar-refractivity contribution in [2.24, 2.45) is 0 Å². The first-order valence-corrected chi connectivity index (χ1v) is 9.10. The maximum Gasteiger partial charge on any atom is 0.296 e. The predicted molar refractivity (Wildman–Crippen MR) is 100.0 cm³/mol. The molecule has 3 heterocycles. The average molecular weight is 382 g/mol.